The second-order valence-electron chi connectivity index (χ2n) is 7.93. The van der Waals surface area contributed by atoms with Gasteiger partial charge in [-0.3, -0.25) is 14.4 Å². The summed E-state index contributed by atoms with van der Waals surface area (Å²) in [6.07, 6.45) is 4.63. The molecule has 1 aromatic carbocycles. The molecule has 2 aliphatic rings. The van der Waals surface area contributed by atoms with Crippen molar-refractivity contribution in [1.82, 2.24) is 15.1 Å². The van der Waals surface area contributed by atoms with Gasteiger partial charge >= 0.3 is 0 Å². The molecule has 1 unspecified atom stereocenters. The molecule has 29 heavy (non-hydrogen) atoms. The largest absolute Gasteiger partial charge is 0.497 e. The molecule has 1 aromatic rings. The highest BCUT2D eigenvalue weighted by molar-refractivity contribution is 5.86. The molecule has 1 N–H and O–H groups in total. The van der Waals surface area contributed by atoms with E-state index in [1.165, 1.54) is 0 Å². The third kappa shape index (κ3) is 6.21. The molecule has 7 nitrogen and oxygen atoms in total. The van der Waals surface area contributed by atoms with Gasteiger partial charge in [0, 0.05) is 39.0 Å². The number of nitrogens with one attached hydrogen (secondary N) is 1. The molecule has 0 radical (unpaired) electrons. The van der Waals surface area contributed by atoms with Crippen LogP contribution in [0.15, 0.2) is 24.3 Å². The van der Waals surface area contributed by atoms with Crippen molar-refractivity contribution in [2.45, 2.75) is 45.1 Å². The number of carbonyl (C=O) groups excluding carboxylic acids is 3. The molecule has 0 aromatic heterocycles. The zero-order chi connectivity index (χ0) is 20.6. The van der Waals surface area contributed by atoms with Crippen molar-refractivity contribution in [2.75, 3.05) is 33.3 Å². The molecule has 0 saturated carbocycles. The summed E-state index contributed by atoms with van der Waals surface area (Å²) in [5, 5.41) is 2.96. The van der Waals surface area contributed by atoms with Crippen LogP contribution in [0.3, 0.4) is 0 Å². The van der Waals surface area contributed by atoms with Crippen LogP contribution in [0.1, 0.15) is 44.1 Å². The van der Waals surface area contributed by atoms with E-state index in [-0.39, 0.29) is 24.3 Å². The molecule has 2 saturated heterocycles. The van der Waals surface area contributed by atoms with Gasteiger partial charge in [-0.05, 0) is 49.3 Å². The number of likely N-dealkylation sites (tertiary alicyclic amines) is 2. The lowest BCUT2D eigenvalue weighted by Gasteiger charge is -2.33. The molecule has 7 heteroatoms. The number of methoxy groups -OCH3 is 1. The van der Waals surface area contributed by atoms with Crippen LogP contribution in [0.4, 0.5) is 0 Å². The average Bonchev–Trinajstić information content (AvgIpc) is 3.15. The van der Waals surface area contributed by atoms with Crippen LogP contribution in [-0.4, -0.2) is 60.8 Å². The van der Waals surface area contributed by atoms with Gasteiger partial charge in [0.25, 0.3) is 0 Å². The summed E-state index contributed by atoms with van der Waals surface area (Å²) in [5.74, 6) is 1.26. The van der Waals surface area contributed by atoms with Crippen molar-refractivity contribution in [2.24, 2.45) is 5.92 Å². The predicted octanol–water partition coefficient (Wildman–Crippen LogP) is 1.95. The molecule has 2 fully saturated rings. The van der Waals surface area contributed by atoms with Crippen molar-refractivity contribution >= 4 is 17.7 Å². The topological polar surface area (TPSA) is 79.0 Å². The second-order valence-corrected chi connectivity index (χ2v) is 7.93. The Labute approximate surface area is 172 Å². The second kappa shape index (κ2) is 10.3. The molecule has 1 atom stereocenters. The zero-order valence-electron chi connectivity index (χ0n) is 17.2. The zero-order valence-corrected chi connectivity index (χ0v) is 17.2. The molecule has 0 spiro atoms. The van der Waals surface area contributed by atoms with E-state index in [0.29, 0.717) is 38.4 Å². The van der Waals surface area contributed by atoms with Gasteiger partial charge in [0.05, 0.1) is 13.7 Å². The minimum atomic E-state index is 0.0268. The molecular formula is C22H31N3O4. The average molecular weight is 402 g/mol. The highest BCUT2D eigenvalue weighted by Crippen LogP contribution is 2.22. The van der Waals surface area contributed by atoms with Crippen molar-refractivity contribution in [3.8, 4) is 5.75 Å². The Bertz CT molecular complexity index is 737. The predicted molar refractivity (Wildman–Crippen MR) is 109 cm³/mol. The Morgan fingerprint density at radius 2 is 2.10 bits per heavy atom. The van der Waals surface area contributed by atoms with Crippen LogP contribution in [-0.2, 0) is 20.9 Å². The molecule has 2 heterocycles. The summed E-state index contributed by atoms with van der Waals surface area (Å²) in [7, 11) is 1.62. The Hall–Kier alpha value is -2.57. The standard InChI is InChI=1S/C22H31N3O4/c1-29-19-7-2-5-18(13-19)14-23-20(26)10-9-17-6-3-11-24(15-17)22(28)16-25-12-4-8-21(25)27/h2,5,7,13,17H,3-4,6,8-12,14-16H2,1H3,(H,23,26). The Morgan fingerprint density at radius 3 is 2.86 bits per heavy atom. The summed E-state index contributed by atoms with van der Waals surface area (Å²) in [6, 6.07) is 7.65. The minimum Gasteiger partial charge on any atom is -0.497 e. The van der Waals surface area contributed by atoms with Crippen LogP contribution in [0, 0.1) is 5.92 Å². The number of amides is 3. The van der Waals surface area contributed by atoms with E-state index in [9.17, 15) is 14.4 Å². The fourth-order valence-electron chi connectivity index (χ4n) is 4.07. The van der Waals surface area contributed by atoms with Gasteiger partial charge in [-0.2, -0.15) is 0 Å². The maximum Gasteiger partial charge on any atom is 0.242 e. The number of nitrogens with zero attached hydrogens (tertiary/aromatic N) is 2. The van der Waals surface area contributed by atoms with E-state index in [2.05, 4.69) is 5.32 Å². The normalized spacial score (nSPS) is 19.3. The number of hydrogen-bond acceptors (Lipinski definition) is 4. The van der Waals surface area contributed by atoms with Crippen LogP contribution in [0.2, 0.25) is 0 Å². The summed E-state index contributed by atoms with van der Waals surface area (Å²) >= 11 is 0. The highest BCUT2D eigenvalue weighted by Gasteiger charge is 2.28. The van der Waals surface area contributed by atoms with Gasteiger partial charge in [0.1, 0.15) is 5.75 Å². The number of carbonyl (C=O) groups is 3. The Morgan fingerprint density at radius 1 is 1.24 bits per heavy atom. The van der Waals surface area contributed by atoms with Gasteiger partial charge in [-0.25, -0.2) is 0 Å². The summed E-state index contributed by atoms with van der Waals surface area (Å²) in [4.78, 5) is 40.0. The lowest BCUT2D eigenvalue weighted by molar-refractivity contribution is -0.139. The molecule has 3 amide bonds. The van der Waals surface area contributed by atoms with E-state index in [1.54, 1.807) is 12.0 Å². The molecular weight excluding hydrogens is 370 g/mol. The van der Waals surface area contributed by atoms with Crippen LogP contribution < -0.4 is 10.1 Å². The van der Waals surface area contributed by atoms with Gasteiger partial charge in [0.2, 0.25) is 17.7 Å². The van der Waals surface area contributed by atoms with Crippen molar-refractivity contribution in [1.29, 1.82) is 0 Å². The fourth-order valence-corrected chi connectivity index (χ4v) is 4.07. The minimum absolute atomic E-state index is 0.0268. The van der Waals surface area contributed by atoms with E-state index in [0.717, 1.165) is 43.5 Å². The van der Waals surface area contributed by atoms with Crippen LogP contribution in [0.25, 0.3) is 0 Å². The van der Waals surface area contributed by atoms with Crippen molar-refractivity contribution < 1.29 is 19.1 Å². The fraction of sp³-hybridized carbons (Fsp3) is 0.591. The first kappa shape index (κ1) is 21.1. The van der Waals surface area contributed by atoms with Crippen molar-refractivity contribution in [3.63, 3.8) is 0 Å². The van der Waals surface area contributed by atoms with Gasteiger partial charge in [0.15, 0.2) is 0 Å². The quantitative estimate of drug-likeness (QED) is 0.722. The molecule has 3 rings (SSSR count). The lowest BCUT2D eigenvalue weighted by atomic mass is 9.93. The molecule has 0 bridgehead atoms. The van der Waals surface area contributed by atoms with E-state index in [4.69, 9.17) is 4.74 Å². The third-order valence-electron chi connectivity index (χ3n) is 5.77. The maximum atomic E-state index is 12.5. The smallest absolute Gasteiger partial charge is 0.242 e. The lowest BCUT2D eigenvalue weighted by Crippen LogP contribution is -2.45. The molecule has 0 aliphatic carbocycles. The highest BCUT2D eigenvalue weighted by atomic mass is 16.5. The van der Waals surface area contributed by atoms with Crippen molar-refractivity contribution in [3.05, 3.63) is 29.8 Å². The Kier molecular flexibility index (Phi) is 7.49. The number of piperidine rings is 1. The number of benzene rings is 1. The summed E-state index contributed by atoms with van der Waals surface area (Å²) in [5.41, 5.74) is 1.00. The number of rotatable bonds is 8. The van der Waals surface area contributed by atoms with Gasteiger partial charge < -0.3 is 19.9 Å². The van der Waals surface area contributed by atoms with Gasteiger partial charge in [-0.1, -0.05) is 12.1 Å². The molecule has 158 valence electrons. The first-order valence-corrected chi connectivity index (χ1v) is 10.5. The Balaban J connectivity index is 1.38. The first-order chi connectivity index (χ1) is 14.0. The monoisotopic (exact) mass is 401 g/mol. The number of hydrogen-bond donors (Lipinski definition) is 1. The third-order valence-corrected chi connectivity index (χ3v) is 5.77. The van der Waals surface area contributed by atoms with E-state index < -0.39 is 0 Å². The first-order valence-electron chi connectivity index (χ1n) is 10.5. The SMILES string of the molecule is COc1cccc(CNC(=O)CCC2CCCN(C(=O)CN3CCCC3=O)C2)c1. The maximum absolute atomic E-state index is 12.5. The van der Waals surface area contributed by atoms with Crippen LogP contribution in [0.5, 0.6) is 5.75 Å². The van der Waals surface area contributed by atoms with E-state index in [1.807, 2.05) is 29.2 Å². The number of ether oxygens (including phenoxy) is 1. The van der Waals surface area contributed by atoms with Gasteiger partial charge in [-0.15, -0.1) is 0 Å². The van der Waals surface area contributed by atoms with Crippen LogP contribution >= 0.6 is 0 Å². The van der Waals surface area contributed by atoms with E-state index >= 15 is 0 Å². The summed E-state index contributed by atoms with van der Waals surface area (Å²) < 4.78 is 5.20. The molecule has 2 aliphatic heterocycles. The summed E-state index contributed by atoms with van der Waals surface area (Å²) in [6.45, 7) is 2.81.